The van der Waals surface area contributed by atoms with Gasteiger partial charge in [-0.2, -0.15) is 0 Å². The number of allylic oxidation sites excluding steroid dienone is 1. The number of hydrogen-bond acceptors (Lipinski definition) is 1. The lowest BCUT2D eigenvalue weighted by Crippen LogP contribution is -2.09. The Bertz CT molecular complexity index is 149. The second kappa shape index (κ2) is 10.1. The van der Waals surface area contributed by atoms with Gasteiger partial charge in [0.05, 0.1) is 0 Å². The standard InChI is InChI=1S/C14H29N/c1-5-7-11-15-12-8-10-14(9-6-2)13(3)4/h8,12-15H,5-7,9-11H2,1-4H3/b12-8-. The zero-order valence-corrected chi connectivity index (χ0v) is 11.1. The summed E-state index contributed by atoms with van der Waals surface area (Å²) in [4.78, 5) is 0. The number of unbranched alkanes of at least 4 members (excludes halogenated alkanes) is 1. The van der Waals surface area contributed by atoms with E-state index in [1.165, 1.54) is 32.1 Å². The lowest BCUT2D eigenvalue weighted by molar-refractivity contribution is 0.359. The first-order valence-corrected chi connectivity index (χ1v) is 6.60. The molecule has 1 heteroatoms. The number of hydrogen-bond donors (Lipinski definition) is 1. The molecule has 0 aromatic heterocycles. The van der Waals surface area contributed by atoms with Gasteiger partial charge >= 0.3 is 0 Å². The van der Waals surface area contributed by atoms with Gasteiger partial charge in [0, 0.05) is 6.54 Å². The maximum absolute atomic E-state index is 3.34. The van der Waals surface area contributed by atoms with Gasteiger partial charge in [0.25, 0.3) is 0 Å². The highest BCUT2D eigenvalue weighted by Crippen LogP contribution is 2.20. The van der Waals surface area contributed by atoms with Gasteiger partial charge in [0.2, 0.25) is 0 Å². The molecule has 1 atom stereocenters. The molecule has 0 aliphatic heterocycles. The molecule has 0 saturated carbocycles. The molecule has 0 aliphatic rings. The minimum absolute atomic E-state index is 0.810. The molecule has 0 bridgehead atoms. The number of rotatable bonds is 9. The molecule has 0 radical (unpaired) electrons. The van der Waals surface area contributed by atoms with Crippen molar-refractivity contribution in [3.63, 3.8) is 0 Å². The summed E-state index contributed by atoms with van der Waals surface area (Å²) in [5.41, 5.74) is 0. The third kappa shape index (κ3) is 8.53. The van der Waals surface area contributed by atoms with Crippen molar-refractivity contribution in [2.75, 3.05) is 6.54 Å². The van der Waals surface area contributed by atoms with Crippen LogP contribution in [0.15, 0.2) is 12.3 Å². The fraction of sp³-hybridized carbons (Fsp3) is 0.857. The van der Waals surface area contributed by atoms with Crippen molar-refractivity contribution in [1.29, 1.82) is 0 Å². The van der Waals surface area contributed by atoms with Gasteiger partial charge in [-0.25, -0.2) is 0 Å². The zero-order valence-electron chi connectivity index (χ0n) is 11.1. The summed E-state index contributed by atoms with van der Waals surface area (Å²) >= 11 is 0. The minimum atomic E-state index is 0.810. The van der Waals surface area contributed by atoms with Crippen molar-refractivity contribution in [1.82, 2.24) is 5.32 Å². The number of nitrogens with one attached hydrogen (secondary N) is 1. The van der Waals surface area contributed by atoms with Crippen LogP contribution in [0.25, 0.3) is 0 Å². The van der Waals surface area contributed by atoms with E-state index in [0.29, 0.717) is 0 Å². The Morgan fingerprint density at radius 3 is 2.40 bits per heavy atom. The fourth-order valence-corrected chi connectivity index (χ4v) is 1.78. The molecular formula is C14H29N. The van der Waals surface area contributed by atoms with Crippen LogP contribution in [0.5, 0.6) is 0 Å². The third-order valence-corrected chi connectivity index (χ3v) is 2.95. The lowest BCUT2D eigenvalue weighted by atomic mass is 9.88. The molecule has 15 heavy (non-hydrogen) atoms. The van der Waals surface area contributed by atoms with Gasteiger partial charge in [-0.15, -0.1) is 0 Å². The average Bonchev–Trinajstić information content (AvgIpc) is 2.21. The van der Waals surface area contributed by atoms with Crippen molar-refractivity contribution < 1.29 is 0 Å². The molecule has 90 valence electrons. The zero-order chi connectivity index (χ0) is 11.5. The summed E-state index contributed by atoms with van der Waals surface area (Å²) in [6.45, 7) is 10.3. The lowest BCUT2D eigenvalue weighted by Gasteiger charge is -2.18. The Morgan fingerprint density at radius 2 is 1.87 bits per heavy atom. The topological polar surface area (TPSA) is 12.0 Å². The highest BCUT2D eigenvalue weighted by Gasteiger charge is 2.09. The van der Waals surface area contributed by atoms with Crippen molar-refractivity contribution >= 4 is 0 Å². The van der Waals surface area contributed by atoms with E-state index in [2.05, 4.69) is 45.3 Å². The van der Waals surface area contributed by atoms with Gasteiger partial charge in [-0.05, 0) is 30.9 Å². The first-order chi connectivity index (χ1) is 7.22. The Morgan fingerprint density at radius 1 is 1.13 bits per heavy atom. The molecule has 0 fully saturated rings. The van der Waals surface area contributed by atoms with Crippen LogP contribution in [0.3, 0.4) is 0 Å². The minimum Gasteiger partial charge on any atom is -0.391 e. The highest BCUT2D eigenvalue weighted by atomic mass is 14.8. The molecule has 1 unspecified atom stereocenters. The Kier molecular flexibility index (Phi) is 9.76. The maximum Gasteiger partial charge on any atom is 0.0141 e. The van der Waals surface area contributed by atoms with Gasteiger partial charge in [0.1, 0.15) is 0 Å². The van der Waals surface area contributed by atoms with E-state index in [-0.39, 0.29) is 0 Å². The quantitative estimate of drug-likeness (QED) is 0.559. The van der Waals surface area contributed by atoms with Gasteiger partial charge in [0.15, 0.2) is 0 Å². The fourth-order valence-electron chi connectivity index (χ4n) is 1.78. The van der Waals surface area contributed by atoms with Crippen LogP contribution in [-0.4, -0.2) is 6.54 Å². The van der Waals surface area contributed by atoms with Crippen LogP contribution in [-0.2, 0) is 0 Å². The molecule has 0 heterocycles. The van der Waals surface area contributed by atoms with E-state index < -0.39 is 0 Å². The van der Waals surface area contributed by atoms with Crippen LogP contribution < -0.4 is 5.32 Å². The maximum atomic E-state index is 3.34. The summed E-state index contributed by atoms with van der Waals surface area (Å²) in [6, 6.07) is 0. The smallest absolute Gasteiger partial charge is 0.0141 e. The second-order valence-corrected chi connectivity index (χ2v) is 4.74. The molecule has 0 saturated heterocycles. The molecule has 0 amide bonds. The SMILES string of the molecule is CCCCN/C=C\CC(CCC)C(C)C. The highest BCUT2D eigenvalue weighted by molar-refractivity contribution is 4.83. The van der Waals surface area contributed by atoms with Crippen molar-refractivity contribution in [3.8, 4) is 0 Å². The van der Waals surface area contributed by atoms with Crippen LogP contribution in [0.4, 0.5) is 0 Å². The van der Waals surface area contributed by atoms with Crippen LogP contribution >= 0.6 is 0 Å². The first kappa shape index (κ1) is 14.5. The van der Waals surface area contributed by atoms with Crippen molar-refractivity contribution in [2.45, 2.75) is 59.8 Å². The Labute approximate surface area is 96.3 Å². The normalized spacial score (nSPS) is 13.7. The largest absolute Gasteiger partial charge is 0.391 e. The molecule has 0 rings (SSSR count). The van der Waals surface area contributed by atoms with E-state index >= 15 is 0 Å². The molecule has 1 N–H and O–H groups in total. The Balaban J connectivity index is 3.59. The predicted octanol–water partition coefficient (Wildman–Crippen LogP) is 4.35. The monoisotopic (exact) mass is 211 g/mol. The van der Waals surface area contributed by atoms with Gasteiger partial charge < -0.3 is 5.32 Å². The second-order valence-electron chi connectivity index (χ2n) is 4.74. The van der Waals surface area contributed by atoms with E-state index in [9.17, 15) is 0 Å². The van der Waals surface area contributed by atoms with Crippen LogP contribution in [0.2, 0.25) is 0 Å². The molecule has 0 aliphatic carbocycles. The molecular weight excluding hydrogens is 182 g/mol. The summed E-state index contributed by atoms with van der Waals surface area (Å²) in [7, 11) is 0. The van der Waals surface area contributed by atoms with E-state index in [4.69, 9.17) is 0 Å². The molecule has 0 spiro atoms. The summed E-state index contributed by atoms with van der Waals surface area (Å²) in [6.07, 6.45) is 10.9. The van der Waals surface area contributed by atoms with Crippen molar-refractivity contribution in [2.24, 2.45) is 11.8 Å². The molecule has 0 aromatic carbocycles. The van der Waals surface area contributed by atoms with E-state index in [0.717, 1.165) is 18.4 Å². The first-order valence-electron chi connectivity index (χ1n) is 6.60. The van der Waals surface area contributed by atoms with E-state index in [1.54, 1.807) is 0 Å². The summed E-state index contributed by atoms with van der Waals surface area (Å²) < 4.78 is 0. The van der Waals surface area contributed by atoms with Crippen LogP contribution in [0.1, 0.15) is 59.8 Å². The third-order valence-electron chi connectivity index (χ3n) is 2.95. The van der Waals surface area contributed by atoms with Crippen LogP contribution in [0, 0.1) is 11.8 Å². The Hall–Kier alpha value is -0.460. The summed E-state index contributed by atoms with van der Waals surface area (Å²) in [5.74, 6) is 1.67. The summed E-state index contributed by atoms with van der Waals surface area (Å²) in [5, 5.41) is 3.34. The predicted molar refractivity (Wildman–Crippen MR) is 69.9 cm³/mol. The van der Waals surface area contributed by atoms with Crippen molar-refractivity contribution in [3.05, 3.63) is 12.3 Å². The average molecular weight is 211 g/mol. The molecule has 0 aromatic rings. The van der Waals surface area contributed by atoms with E-state index in [1.807, 2.05) is 0 Å². The van der Waals surface area contributed by atoms with Gasteiger partial charge in [-0.1, -0.05) is 53.0 Å². The van der Waals surface area contributed by atoms with Gasteiger partial charge in [-0.3, -0.25) is 0 Å². The molecule has 1 nitrogen and oxygen atoms in total.